The van der Waals surface area contributed by atoms with Crippen LogP contribution in [0.5, 0.6) is 0 Å². The minimum absolute atomic E-state index is 0.928. The number of aryl methyl sites for hydroxylation is 4. The van der Waals surface area contributed by atoms with Crippen molar-refractivity contribution in [2.75, 3.05) is 11.9 Å². The molecule has 1 aliphatic heterocycles. The SMILES string of the molecule is C=C1c2ccc(-c3cc(C)nc(C)c3)cc2-n2nc(-c3cc(C)nc(C)c3)cc2N1C. The molecule has 0 unspecified atom stereocenters. The van der Waals surface area contributed by atoms with Gasteiger partial charge >= 0.3 is 0 Å². The molecule has 0 saturated carbocycles. The van der Waals surface area contributed by atoms with Crippen molar-refractivity contribution in [1.29, 1.82) is 0 Å². The van der Waals surface area contributed by atoms with Gasteiger partial charge in [-0.25, -0.2) is 4.68 Å². The van der Waals surface area contributed by atoms with Crippen LogP contribution < -0.4 is 4.90 Å². The Bertz CT molecular complexity index is 1320. The number of fused-ring (bicyclic) bond motifs is 3. The van der Waals surface area contributed by atoms with E-state index >= 15 is 0 Å². The van der Waals surface area contributed by atoms with Crippen molar-refractivity contribution in [2.45, 2.75) is 27.7 Å². The summed E-state index contributed by atoms with van der Waals surface area (Å²) < 4.78 is 2.02. The van der Waals surface area contributed by atoms with Gasteiger partial charge in [0.05, 0.1) is 11.4 Å². The molecule has 1 aromatic carbocycles. The van der Waals surface area contributed by atoms with Gasteiger partial charge in [0.25, 0.3) is 0 Å². The number of nitrogens with zero attached hydrogens (tertiary/aromatic N) is 5. The number of aromatic nitrogens is 4. The van der Waals surface area contributed by atoms with E-state index in [0.717, 1.165) is 67.9 Å². The number of rotatable bonds is 2. The predicted molar refractivity (Wildman–Crippen MR) is 126 cm³/mol. The Morgan fingerprint density at radius 2 is 1.29 bits per heavy atom. The first kappa shape index (κ1) is 19.2. The zero-order valence-corrected chi connectivity index (χ0v) is 18.6. The van der Waals surface area contributed by atoms with E-state index in [9.17, 15) is 0 Å². The summed E-state index contributed by atoms with van der Waals surface area (Å²) in [5, 5.41) is 4.99. The van der Waals surface area contributed by atoms with Crippen LogP contribution in [0.1, 0.15) is 28.3 Å². The first-order valence-corrected chi connectivity index (χ1v) is 10.4. The fraction of sp³-hybridized carbons (Fsp3) is 0.192. The molecule has 0 saturated heterocycles. The van der Waals surface area contributed by atoms with Crippen molar-refractivity contribution >= 4 is 11.5 Å². The molecule has 0 amide bonds. The maximum Gasteiger partial charge on any atom is 0.137 e. The highest BCUT2D eigenvalue weighted by Crippen LogP contribution is 2.39. The molecule has 5 rings (SSSR count). The molecule has 4 aromatic rings. The highest BCUT2D eigenvalue weighted by atomic mass is 15.4. The summed E-state index contributed by atoms with van der Waals surface area (Å²) in [6.45, 7) is 12.4. The molecule has 0 N–H and O–H groups in total. The third-order valence-electron chi connectivity index (χ3n) is 5.77. The Kier molecular flexibility index (Phi) is 4.29. The fourth-order valence-corrected chi connectivity index (χ4v) is 4.36. The van der Waals surface area contributed by atoms with Crippen molar-refractivity contribution < 1.29 is 0 Å². The topological polar surface area (TPSA) is 46.8 Å². The van der Waals surface area contributed by atoms with Crippen molar-refractivity contribution in [3.8, 4) is 28.1 Å². The summed E-state index contributed by atoms with van der Waals surface area (Å²) in [5.41, 5.74) is 11.4. The summed E-state index contributed by atoms with van der Waals surface area (Å²) in [5.74, 6) is 0.999. The van der Waals surface area contributed by atoms with E-state index < -0.39 is 0 Å². The molecule has 0 radical (unpaired) electrons. The van der Waals surface area contributed by atoms with E-state index in [4.69, 9.17) is 5.10 Å². The minimum Gasteiger partial charge on any atom is -0.329 e. The smallest absolute Gasteiger partial charge is 0.137 e. The maximum atomic E-state index is 4.99. The van der Waals surface area contributed by atoms with Crippen LogP contribution in [0.4, 0.5) is 5.82 Å². The van der Waals surface area contributed by atoms with Gasteiger partial charge in [-0.05, 0) is 69.2 Å². The monoisotopic (exact) mass is 407 g/mol. The summed E-state index contributed by atoms with van der Waals surface area (Å²) in [6, 6.07) is 17.0. The molecule has 31 heavy (non-hydrogen) atoms. The number of hydrogen-bond donors (Lipinski definition) is 0. The van der Waals surface area contributed by atoms with Gasteiger partial charge in [-0.3, -0.25) is 9.97 Å². The van der Waals surface area contributed by atoms with E-state index in [1.54, 1.807) is 0 Å². The number of anilines is 1. The Morgan fingerprint density at radius 1 is 0.710 bits per heavy atom. The van der Waals surface area contributed by atoms with Crippen LogP contribution in [0.2, 0.25) is 0 Å². The van der Waals surface area contributed by atoms with Crippen molar-refractivity contribution in [2.24, 2.45) is 0 Å². The van der Waals surface area contributed by atoms with Crippen LogP contribution in [0.3, 0.4) is 0 Å². The third kappa shape index (κ3) is 3.22. The summed E-state index contributed by atoms with van der Waals surface area (Å²) >= 11 is 0. The molecule has 0 fully saturated rings. The Labute approximate surface area is 182 Å². The largest absolute Gasteiger partial charge is 0.329 e. The highest BCUT2D eigenvalue weighted by molar-refractivity contribution is 5.88. The molecule has 3 aromatic heterocycles. The molecule has 5 nitrogen and oxygen atoms in total. The van der Waals surface area contributed by atoms with E-state index in [2.05, 4.69) is 70.0 Å². The number of benzene rings is 1. The molecule has 0 aliphatic carbocycles. The van der Waals surface area contributed by atoms with E-state index in [1.807, 2.05) is 39.4 Å². The van der Waals surface area contributed by atoms with Crippen LogP contribution in [0, 0.1) is 27.7 Å². The average Bonchev–Trinajstić information content (AvgIpc) is 3.16. The first-order valence-electron chi connectivity index (χ1n) is 10.4. The van der Waals surface area contributed by atoms with E-state index in [1.165, 1.54) is 0 Å². The van der Waals surface area contributed by atoms with Crippen LogP contribution in [0.15, 0.2) is 55.1 Å². The zero-order valence-electron chi connectivity index (χ0n) is 18.6. The van der Waals surface area contributed by atoms with Gasteiger partial charge in [-0.1, -0.05) is 18.7 Å². The third-order valence-corrected chi connectivity index (χ3v) is 5.77. The zero-order chi connectivity index (χ0) is 21.9. The Morgan fingerprint density at radius 3 is 1.90 bits per heavy atom. The van der Waals surface area contributed by atoms with Gasteiger partial charge in [-0.15, -0.1) is 0 Å². The molecule has 1 aliphatic rings. The molecular formula is C26H25N5. The Hall–Kier alpha value is -3.73. The molecule has 5 heteroatoms. The van der Waals surface area contributed by atoms with Crippen LogP contribution >= 0.6 is 0 Å². The van der Waals surface area contributed by atoms with Gasteiger partial charge < -0.3 is 4.90 Å². The lowest BCUT2D eigenvalue weighted by atomic mass is 9.99. The average molecular weight is 408 g/mol. The predicted octanol–water partition coefficient (Wildman–Crippen LogP) is 5.65. The normalized spacial score (nSPS) is 12.7. The number of pyridine rings is 2. The van der Waals surface area contributed by atoms with Crippen molar-refractivity contribution in [3.63, 3.8) is 0 Å². The fourth-order valence-electron chi connectivity index (χ4n) is 4.36. The van der Waals surface area contributed by atoms with Crippen LogP contribution in [0.25, 0.3) is 33.8 Å². The lowest BCUT2D eigenvalue weighted by Gasteiger charge is -2.30. The quantitative estimate of drug-likeness (QED) is 0.431. The molecule has 4 heterocycles. The lowest BCUT2D eigenvalue weighted by Crippen LogP contribution is -2.24. The van der Waals surface area contributed by atoms with Gasteiger partial charge in [0.2, 0.25) is 0 Å². The molecule has 0 atom stereocenters. The van der Waals surface area contributed by atoms with Gasteiger partial charge in [-0.2, -0.15) is 5.10 Å². The Balaban J connectivity index is 1.69. The minimum atomic E-state index is 0.928. The first-order chi connectivity index (χ1) is 14.8. The second-order valence-electron chi connectivity index (χ2n) is 8.31. The lowest BCUT2D eigenvalue weighted by molar-refractivity contribution is 0.850. The van der Waals surface area contributed by atoms with Gasteiger partial charge in [0, 0.05) is 52.7 Å². The van der Waals surface area contributed by atoms with E-state index in [0.29, 0.717) is 0 Å². The summed E-state index contributed by atoms with van der Waals surface area (Å²) in [6.07, 6.45) is 0. The van der Waals surface area contributed by atoms with Crippen LogP contribution in [-0.2, 0) is 0 Å². The second-order valence-corrected chi connectivity index (χ2v) is 8.31. The standard InChI is InChI=1S/C26H25N5/c1-15-9-21(10-16(2)27-15)20-7-8-23-19(5)30(6)26-14-24(29-31(26)25(23)13-20)22-11-17(3)28-18(4)12-22/h7-14H,5H2,1-4,6H3. The van der Waals surface area contributed by atoms with Crippen LogP contribution in [-0.4, -0.2) is 26.8 Å². The van der Waals surface area contributed by atoms with Crippen molar-refractivity contribution in [1.82, 2.24) is 19.7 Å². The van der Waals surface area contributed by atoms with Gasteiger partial charge in [0.15, 0.2) is 0 Å². The second kappa shape index (κ2) is 6.91. The molecule has 154 valence electrons. The highest BCUT2D eigenvalue weighted by Gasteiger charge is 2.26. The summed E-state index contributed by atoms with van der Waals surface area (Å²) in [4.78, 5) is 11.1. The molecule has 0 spiro atoms. The summed E-state index contributed by atoms with van der Waals surface area (Å²) in [7, 11) is 2.04. The number of hydrogen-bond acceptors (Lipinski definition) is 4. The maximum absolute atomic E-state index is 4.99. The molecular weight excluding hydrogens is 382 g/mol. The van der Waals surface area contributed by atoms with Gasteiger partial charge in [0.1, 0.15) is 5.82 Å². The van der Waals surface area contributed by atoms with E-state index in [-0.39, 0.29) is 0 Å². The van der Waals surface area contributed by atoms with Crippen molar-refractivity contribution in [3.05, 3.63) is 83.4 Å². The molecule has 0 bridgehead atoms.